The number of carbonyl (C=O) groups excluding carboxylic acids is 1. The summed E-state index contributed by atoms with van der Waals surface area (Å²) in [7, 11) is 1.07. The van der Waals surface area contributed by atoms with Gasteiger partial charge < -0.3 is 25.0 Å². The van der Waals surface area contributed by atoms with E-state index in [-0.39, 0.29) is 0 Å². The van der Waals surface area contributed by atoms with Crippen LogP contribution in [0.2, 0.25) is 0 Å². The summed E-state index contributed by atoms with van der Waals surface area (Å²) >= 11 is 0. The molecule has 0 amide bonds. The number of aromatic nitrogens is 3. The maximum absolute atomic E-state index is 10.8. The van der Waals surface area contributed by atoms with Crippen LogP contribution < -0.4 is 0 Å². The normalized spacial score (nSPS) is 9.81. The van der Waals surface area contributed by atoms with Gasteiger partial charge in [-0.25, -0.2) is 4.79 Å². The number of carbonyl (C=O) groups is 1. The second-order valence-corrected chi connectivity index (χ2v) is 2.46. The summed E-state index contributed by atoms with van der Waals surface area (Å²) in [4.78, 5) is 32.6. The minimum absolute atomic E-state index is 0.490. The van der Waals surface area contributed by atoms with Crippen LogP contribution in [0.15, 0.2) is 0 Å². The van der Waals surface area contributed by atoms with Crippen LogP contribution in [-0.2, 0) is 16.1 Å². The average Bonchev–Trinajstić information content (AvgIpc) is 2.61. The monoisotopic (exact) mass is 231 g/mol. The van der Waals surface area contributed by atoms with Crippen molar-refractivity contribution in [3.8, 4) is 0 Å². The summed E-state index contributed by atoms with van der Waals surface area (Å²) in [6.07, 6.45) is 0. The Balaban J connectivity index is 3.10. The first-order valence-corrected chi connectivity index (χ1v) is 3.76. The van der Waals surface area contributed by atoms with Crippen molar-refractivity contribution in [3.05, 3.63) is 20.2 Å². The lowest BCUT2D eigenvalue weighted by Crippen LogP contribution is -2.14. The summed E-state index contributed by atoms with van der Waals surface area (Å²) in [6, 6.07) is 0. The summed E-state index contributed by atoms with van der Waals surface area (Å²) < 4.78 is 4.73. The van der Waals surface area contributed by atoms with E-state index in [9.17, 15) is 25.0 Å². The fourth-order valence-electron chi connectivity index (χ4n) is 0.828. The Bertz CT molecular complexity index is 452. The first-order valence-electron chi connectivity index (χ1n) is 3.76. The standard InChI is InChI=1S/C5H5N5O6/c1-16-3(11)2-8-5(10(14)15)6-4(7-8)9(12)13/h2H2,1H3. The topological polar surface area (TPSA) is 143 Å². The second kappa shape index (κ2) is 4.29. The van der Waals surface area contributed by atoms with Crippen molar-refractivity contribution in [2.24, 2.45) is 0 Å². The van der Waals surface area contributed by atoms with E-state index in [1.54, 1.807) is 0 Å². The molecule has 1 aromatic heterocycles. The molecule has 0 aliphatic heterocycles. The van der Waals surface area contributed by atoms with Gasteiger partial charge in [0.1, 0.15) is 0 Å². The maximum atomic E-state index is 10.8. The molecular formula is C5H5N5O6. The van der Waals surface area contributed by atoms with Gasteiger partial charge in [-0.1, -0.05) is 4.68 Å². The van der Waals surface area contributed by atoms with Crippen LogP contribution in [0.5, 0.6) is 0 Å². The van der Waals surface area contributed by atoms with Crippen molar-refractivity contribution in [2.75, 3.05) is 7.11 Å². The van der Waals surface area contributed by atoms with E-state index in [1.165, 1.54) is 0 Å². The van der Waals surface area contributed by atoms with Gasteiger partial charge in [0.05, 0.1) is 12.2 Å². The van der Waals surface area contributed by atoms with Crippen LogP contribution in [0, 0.1) is 20.2 Å². The molecule has 11 heteroatoms. The lowest BCUT2D eigenvalue weighted by atomic mass is 10.6. The zero-order valence-corrected chi connectivity index (χ0v) is 7.89. The van der Waals surface area contributed by atoms with Crippen LogP contribution in [0.25, 0.3) is 0 Å². The Kier molecular flexibility index (Phi) is 3.08. The zero-order valence-electron chi connectivity index (χ0n) is 7.89. The first kappa shape index (κ1) is 11.5. The molecule has 1 rings (SSSR count). The molecule has 0 aliphatic carbocycles. The van der Waals surface area contributed by atoms with E-state index in [2.05, 4.69) is 14.8 Å². The number of nitro groups is 2. The van der Waals surface area contributed by atoms with E-state index < -0.39 is 34.3 Å². The van der Waals surface area contributed by atoms with Crippen LogP contribution in [0.3, 0.4) is 0 Å². The Morgan fingerprint density at radius 2 is 2.06 bits per heavy atom. The van der Waals surface area contributed by atoms with Crippen molar-refractivity contribution in [1.82, 2.24) is 14.8 Å². The fraction of sp³-hybridized carbons (Fsp3) is 0.400. The van der Waals surface area contributed by atoms with Crippen molar-refractivity contribution in [1.29, 1.82) is 0 Å². The van der Waals surface area contributed by atoms with Crippen molar-refractivity contribution in [2.45, 2.75) is 6.54 Å². The number of hydrogen-bond donors (Lipinski definition) is 0. The van der Waals surface area contributed by atoms with Gasteiger partial charge in [-0.15, -0.1) is 0 Å². The van der Waals surface area contributed by atoms with E-state index in [0.717, 1.165) is 7.11 Å². The predicted octanol–water partition coefficient (Wildman–Crippen LogP) is -0.732. The smallest absolute Gasteiger partial charge is 0.467 e. The molecular weight excluding hydrogens is 226 g/mol. The number of hydrogen-bond acceptors (Lipinski definition) is 8. The largest absolute Gasteiger partial charge is 0.508 e. The summed E-state index contributed by atoms with van der Waals surface area (Å²) in [6.45, 7) is -0.617. The van der Waals surface area contributed by atoms with Gasteiger partial charge in [-0.2, -0.15) is 0 Å². The summed E-state index contributed by atoms with van der Waals surface area (Å²) in [5.41, 5.74) is 0. The van der Waals surface area contributed by atoms with Crippen LogP contribution in [0.1, 0.15) is 0 Å². The van der Waals surface area contributed by atoms with E-state index in [0.29, 0.717) is 4.68 Å². The number of rotatable bonds is 4. The lowest BCUT2D eigenvalue weighted by Gasteiger charge is -1.94. The van der Waals surface area contributed by atoms with Gasteiger partial charge in [0.25, 0.3) is 0 Å². The van der Waals surface area contributed by atoms with Gasteiger partial charge in [0.2, 0.25) is 6.54 Å². The Morgan fingerprint density at radius 1 is 1.44 bits per heavy atom. The minimum Gasteiger partial charge on any atom is -0.467 e. The van der Waals surface area contributed by atoms with Gasteiger partial charge in [-0.05, 0) is 9.85 Å². The Labute approximate surface area is 86.9 Å². The average molecular weight is 231 g/mol. The summed E-state index contributed by atoms with van der Waals surface area (Å²) in [5, 5.41) is 23.9. The fourth-order valence-corrected chi connectivity index (χ4v) is 0.828. The SMILES string of the molecule is COC(=O)Cn1nc([N+](=O)[O-])nc1[N+](=O)[O-]. The molecule has 0 fully saturated rings. The van der Waals surface area contributed by atoms with E-state index >= 15 is 0 Å². The van der Waals surface area contributed by atoms with Crippen LogP contribution in [-0.4, -0.2) is 37.7 Å². The molecule has 16 heavy (non-hydrogen) atoms. The van der Waals surface area contributed by atoms with Crippen molar-refractivity contribution >= 4 is 17.9 Å². The molecule has 0 aromatic carbocycles. The van der Waals surface area contributed by atoms with E-state index in [1.807, 2.05) is 0 Å². The highest BCUT2D eigenvalue weighted by Gasteiger charge is 2.29. The molecule has 0 aliphatic rings. The molecule has 0 radical (unpaired) electrons. The molecule has 0 saturated carbocycles. The quantitative estimate of drug-likeness (QED) is 0.374. The zero-order chi connectivity index (χ0) is 12.3. The third-order valence-corrected chi connectivity index (χ3v) is 1.47. The lowest BCUT2D eigenvalue weighted by molar-refractivity contribution is -0.403. The van der Waals surface area contributed by atoms with Crippen molar-refractivity contribution < 1.29 is 19.4 Å². The minimum atomic E-state index is -0.999. The molecule has 0 atom stereocenters. The highest BCUT2D eigenvalue weighted by molar-refractivity contribution is 5.69. The van der Waals surface area contributed by atoms with Gasteiger partial charge in [0.15, 0.2) is 0 Å². The summed E-state index contributed by atoms with van der Waals surface area (Å²) in [5.74, 6) is -2.67. The molecule has 1 aromatic rings. The molecule has 0 unspecified atom stereocenters. The van der Waals surface area contributed by atoms with Gasteiger partial charge >= 0.3 is 17.9 Å². The molecule has 11 nitrogen and oxygen atoms in total. The third-order valence-electron chi connectivity index (χ3n) is 1.47. The molecule has 0 bridgehead atoms. The number of esters is 1. The molecule has 0 N–H and O–H groups in total. The van der Waals surface area contributed by atoms with Gasteiger partial charge in [-0.3, -0.25) is 0 Å². The highest BCUT2D eigenvalue weighted by Crippen LogP contribution is 2.12. The molecule has 0 saturated heterocycles. The van der Waals surface area contributed by atoms with Crippen LogP contribution in [0.4, 0.5) is 11.9 Å². The Morgan fingerprint density at radius 3 is 2.50 bits per heavy atom. The maximum Gasteiger partial charge on any atom is 0.508 e. The number of ether oxygens (including phenoxy) is 1. The van der Waals surface area contributed by atoms with Crippen molar-refractivity contribution in [3.63, 3.8) is 0 Å². The Hall–Kier alpha value is -2.59. The van der Waals surface area contributed by atoms with Gasteiger partial charge in [0, 0.05) is 4.98 Å². The predicted molar refractivity (Wildman–Crippen MR) is 45.3 cm³/mol. The number of nitrogens with zero attached hydrogens (tertiary/aromatic N) is 5. The van der Waals surface area contributed by atoms with Crippen LogP contribution >= 0.6 is 0 Å². The number of methoxy groups -OCH3 is 1. The molecule has 0 spiro atoms. The highest BCUT2D eigenvalue weighted by atomic mass is 16.6. The second-order valence-electron chi connectivity index (χ2n) is 2.46. The molecule has 1 heterocycles. The van der Waals surface area contributed by atoms with E-state index in [4.69, 9.17) is 0 Å². The molecule has 86 valence electrons. The third kappa shape index (κ3) is 2.26. The first-order chi connectivity index (χ1) is 7.45.